The average Bonchev–Trinajstić information content (AvgIpc) is 2.49. The lowest BCUT2D eigenvalue weighted by molar-refractivity contribution is 0.0526. The molecule has 20 heavy (non-hydrogen) atoms. The zero-order chi connectivity index (χ0) is 14.4. The van der Waals surface area contributed by atoms with E-state index in [4.69, 9.17) is 9.84 Å². The van der Waals surface area contributed by atoms with E-state index in [0.717, 1.165) is 38.0 Å². The van der Waals surface area contributed by atoms with Gasteiger partial charge in [-0.25, -0.2) is 4.79 Å². The van der Waals surface area contributed by atoms with Crippen LogP contribution in [0.5, 0.6) is 0 Å². The van der Waals surface area contributed by atoms with E-state index in [2.05, 4.69) is 4.90 Å². The molecule has 4 heteroatoms. The number of carbonyl (C=O) groups excluding carboxylic acids is 1. The van der Waals surface area contributed by atoms with Crippen LogP contribution in [-0.4, -0.2) is 37.4 Å². The number of ether oxygens (including phenoxy) is 1. The van der Waals surface area contributed by atoms with Gasteiger partial charge in [-0.3, -0.25) is 0 Å². The highest BCUT2D eigenvalue weighted by Crippen LogP contribution is 2.25. The SMILES string of the molecule is CCOC(=O)c1ccc(N2CCC(CCO)CC2)cc1. The fourth-order valence-corrected chi connectivity index (χ4v) is 2.69. The third-order valence-corrected chi connectivity index (χ3v) is 3.90. The molecule has 1 fully saturated rings. The Bertz CT molecular complexity index is 422. The molecular weight excluding hydrogens is 254 g/mol. The molecule has 1 aromatic rings. The second kappa shape index (κ2) is 7.29. The monoisotopic (exact) mass is 277 g/mol. The topological polar surface area (TPSA) is 49.8 Å². The minimum Gasteiger partial charge on any atom is -0.462 e. The standard InChI is InChI=1S/C16H23NO3/c1-2-20-16(19)14-3-5-15(6-4-14)17-10-7-13(8-11-17)9-12-18/h3-6,13,18H,2,7-12H2,1H3. The minimum absolute atomic E-state index is 0.263. The summed E-state index contributed by atoms with van der Waals surface area (Å²) in [5.41, 5.74) is 1.76. The summed E-state index contributed by atoms with van der Waals surface area (Å²) >= 11 is 0. The zero-order valence-electron chi connectivity index (χ0n) is 12.0. The number of esters is 1. The molecule has 1 saturated heterocycles. The van der Waals surface area contributed by atoms with Gasteiger partial charge in [0.25, 0.3) is 0 Å². The first kappa shape index (κ1) is 14.9. The maximum absolute atomic E-state index is 11.6. The number of hydrogen-bond acceptors (Lipinski definition) is 4. The van der Waals surface area contributed by atoms with Crippen LogP contribution in [0.4, 0.5) is 5.69 Å². The molecule has 1 aromatic carbocycles. The van der Waals surface area contributed by atoms with Gasteiger partial charge in [-0.15, -0.1) is 0 Å². The number of carbonyl (C=O) groups is 1. The van der Waals surface area contributed by atoms with Crippen molar-refractivity contribution in [2.24, 2.45) is 5.92 Å². The number of hydrogen-bond donors (Lipinski definition) is 1. The van der Waals surface area contributed by atoms with Crippen LogP contribution in [0.3, 0.4) is 0 Å². The van der Waals surface area contributed by atoms with E-state index in [-0.39, 0.29) is 5.97 Å². The summed E-state index contributed by atoms with van der Waals surface area (Å²) in [5, 5.41) is 8.97. The Labute approximate surface area is 120 Å². The number of benzene rings is 1. The van der Waals surface area contributed by atoms with E-state index in [1.807, 2.05) is 31.2 Å². The van der Waals surface area contributed by atoms with Gasteiger partial charge in [0.2, 0.25) is 0 Å². The van der Waals surface area contributed by atoms with Crippen LogP contribution in [0.25, 0.3) is 0 Å². The Morgan fingerprint density at radius 3 is 2.50 bits per heavy atom. The molecule has 0 spiro atoms. The molecule has 0 aromatic heterocycles. The van der Waals surface area contributed by atoms with Gasteiger partial charge in [-0.05, 0) is 56.4 Å². The largest absolute Gasteiger partial charge is 0.462 e. The van der Waals surface area contributed by atoms with E-state index in [0.29, 0.717) is 24.7 Å². The van der Waals surface area contributed by atoms with Gasteiger partial charge in [0, 0.05) is 25.4 Å². The molecule has 0 aliphatic carbocycles. The Morgan fingerprint density at radius 2 is 1.95 bits per heavy atom. The molecule has 0 amide bonds. The average molecular weight is 277 g/mol. The van der Waals surface area contributed by atoms with E-state index in [1.165, 1.54) is 0 Å². The van der Waals surface area contributed by atoms with Crippen molar-refractivity contribution in [1.82, 2.24) is 0 Å². The number of aliphatic hydroxyl groups is 1. The van der Waals surface area contributed by atoms with Crippen LogP contribution < -0.4 is 4.90 Å². The molecule has 0 radical (unpaired) electrons. The van der Waals surface area contributed by atoms with Gasteiger partial charge < -0.3 is 14.7 Å². The van der Waals surface area contributed by atoms with Crippen molar-refractivity contribution in [1.29, 1.82) is 0 Å². The molecule has 1 aliphatic heterocycles. The van der Waals surface area contributed by atoms with Crippen LogP contribution in [0.15, 0.2) is 24.3 Å². The van der Waals surface area contributed by atoms with Crippen LogP contribution in [0.1, 0.15) is 36.5 Å². The molecule has 1 N–H and O–H groups in total. The first-order valence-electron chi connectivity index (χ1n) is 7.37. The molecule has 0 saturated carbocycles. The summed E-state index contributed by atoms with van der Waals surface area (Å²) in [7, 11) is 0. The van der Waals surface area contributed by atoms with Crippen LogP contribution in [0.2, 0.25) is 0 Å². The molecule has 110 valence electrons. The molecule has 0 bridgehead atoms. The highest BCUT2D eigenvalue weighted by molar-refractivity contribution is 5.89. The fraction of sp³-hybridized carbons (Fsp3) is 0.562. The van der Waals surface area contributed by atoms with Gasteiger partial charge >= 0.3 is 5.97 Å². The van der Waals surface area contributed by atoms with E-state index in [1.54, 1.807) is 0 Å². The van der Waals surface area contributed by atoms with Gasteiger partial charge in [-0.2, -0.15) is 0 Å². The molecule has 2 rings (SSSR count). The van der Waals surface area contributed by atoms with Crippen molar-refractivity contribution < 1.29 is 14.6 Å². The number of anilines is 1. The predicted octanol–water partition coefficient (Wildman–Crippen LogP) is 2.46. The highest BCUT2D eigenvalue weighted by Gasteiger charge is 2.19. The third kappa shape index (κ3) is 3.73. The lowest BCUT2D eigenvalue weighted by Gasteiger charge is -2.33. The van der Waals surface area contributed by atoms with Crippen LogP contribution in [-0.2, 0) is 4.74 Å². The lowest BCUT2D eigenvalue weighted by atomic mass is 9.93. The molecule has 4 nitrogen and oxygen atoms in total. The van der Waals surface area contributed by atoms with Crippen LogP contribution in [0, 0.1) is 5.92 Å². The summed E-state index contributed by atoms with van der Waals surface area (Å²) < 4.78 is 4.98. The first-order valence-corrected chi connectivity index (χ1v) is 7.37. The molecular formula is C16H23NO3. The number of piperidine rings is 1. The zero-order valence-corrected chi connectivity index (χ0v) is 12.0. The van der Waals surface area contributed by atoms with Crippen molar-refractivity contribution in [3.05, 3.63) is 29.8 Å². The van der Waals surface area contributed by atoms with Crippen molar-refractivity contribution in [2.45, 2.75) is 26.2 Å². The normalized spacial score (nSPS) is 16.2. The Balaban J connectivity index is 1.92. The Hall–Kier alpha value is -1.55. The Morgan fingerprint density at radius 1 is 1.30 bits per heavy atom. The predicted molar refractivity (Wildman–Crippen MR) is 79.0 cm³/mol. The van der Waals surface area contributed by atoms with Crippen molar-refractivity contribution in [3.63, 3.8) is 0 Å². The molecule has 1 aliphatic rings. The number of aliphatic hydroxyl groups excluding tert-OH is 1. The third-order valence-electron chi connectivity index (χ3n) is 3.90. The second-order valence-corrected chi connectivity index (χ2v) is 5.21. The van der Waals surface area contributed by atoms with E-state index < -0.39 is 0 Å². The second-order valence-electron chi connectivity index (χ2n) is 5.21. The van der Waals surface area contributed by atoms with Crippen molar-refractivity contribution >= 4 is 11.7 Å². The molecule has 0 unspecified atom stereocenters. The highest BCUT2D eigenvalue weighted by atomic mass is 16.5. The van der Waals surface area contributed by atoms with Gasteiger partial charge in [-0.1, -0.05) is 0 Å². The van der Waals surface area contributed by atoms with Gasteiger partial charge in [0.1, 0.15) is 0 Å². The fourth-order valence-electron chi connectivity index (χ4n) is 2.69. The summed E-state index contributed by atoms with van der Waals surface area (Å²) in [4.78, 5) is 13.9. The van der Waals surface area contributed by atoms with Crippen molar-refractivity contribution in [2.75, 3.05) is 31.2 Å². The summed E-state index contributed by atoms with van der Waals surface area (Å²) in [6.07, 6.45) is 3.16. The number of nitrogens with zero attached hydrogens (tertiary/aromatic N) is 1. The van der Waals surface area contributed by atoms with Crippen LogP contribution >= 0.6 is 0 Å². The first-order chi connectivity index (χ1) is 9.74. The van der Waals surface area contributed by atoms with E-state index in [9.17, 15) is 4.79 Å². The van der Waals surface area contributed by atoms with Gasteiger partial charge in [0.05, 0.1) is 12.2 Å². The lowest BCUT2D eigenvalue weighted by Crippen LogP contribution is -2.33. The molecule has 1 heterocycles. The summed E-state index contributed by atoms with van der Waals surface area (Å²) in [5.74, 6) is 0.385. The van der Waals surface area contributed by atoms with Gasteiger partial charge in [0.15, 0.2) is 0 Å². The smallest absolute Gasteiger partial charge is 0.338 e. The van der Waals surface area contributed by atoms with E-state index >= 15 is 0 Å². The molecule has 0 atom stereocenters. The quantitative estimate of drug-likeness (QED) is 0.840. The minimum atomic E-state index is -0.263. The maximum Gasteiger partial charge on any atom is 0.338 e. The Kier molecular flexibility index (Phi) is 5.41. The summed E-state index contributed by atoms with van der Waals surface area (Å²) in [6.45, 7) is 4.54. The summed E-state index contributed by atoms with van der Waals surface area (Å²) in [6, 6.07) is 7.62. The maximum atomic E-state index is 11.6. The number of rotatable bonds is 5. The van der Waals surface area contributed by atoms with Crippen molar-refractivity contribution in [3.8, 4) is 0 Å².